The lowest BCUT2D eigenvalue weighted by Crippen LogP contribution is -1.98. The molecule has 0 bridgehead atoms. The lowest BCUT2D eigenvalue weighted by Gasteiger charge is -2.10. The molecule has 0 fully saturated rings. The first-order valence-corrected chi connectivity index (χ1v) is 9.15. The fourth-order valence-corrected chi connectivity index (χ4v) is 3.20. The summed E-state index contributed by atoms with van der Waals surface area (Å²) in [5.41, 5.74) is 4.96. The van der Waals surface area contributed by atoms with Gasteiger partial charge in [0.1, 0.15) is 18.0 Å². The zero-order valence-electron chi connectivity index (χ0n) is 15.0. The van der Waals surface area contributed by atoms with Crippen LogP contribution in [0, 0.1) is 0 Å². The van der Waals surface area contributed by atoms with Crippen molar-refractivity contribution in [2.24, 2.45) is 7.05 Å². The molecule has 4 rings (SSSR count). The third kappa shape index (κ3) is 3.74. The number of aromatic nitrogens is 2. The standard InChI is InChI=1S/C23H19ClN2O/c1-26-22(19-10-6-3-7-11-19)23(21(25-26)18-8-4-2-5-9-18)27-16-17-12-14-20(24)15-13-17/h2-15H,16H2,1H3. The summed E-state index contributed by atoms with van der Waals surface area (Å²) >= 11 is 5.99. The fraction of sp³-hybridized carbons (Fsp3) is 0.0870. The van der Waals surface area contributed by atoms with Gasteiger partial charge in [-0.1, -0.05) is 84.4 Å². The van der Waals surface area contributed by atoms with Gasteiger partial charge in [0, 0.05) is 23.2 Å². The number of nitrogens with zero attached hydrogens (tertiary/aromatic N) is 2. The quantitative estimate of drug-likeness (QED) is 0.429. The SMILES string of the molecule is Cn1nc(-c2ccccc2)c(OCc2ccc(Cl)cc2)c1-c1ccccc1. The molecule has 27 heavy (non-hydrogen) atoms. The average Bonchev–Trinajstić information content (AvgIpc) is 3.05. The Morgan fingerprint density at radius 3 is 2.04 bits per heavy atom. The van der Waals surface area contributed by atoms with Gasteiger partial charge in [0.25, 0.3) is 0 Å². The number of benzene rings is 3. The normalized spacial score (nSPS) is 10.7. The van der Waals surface area contributed by atoms with E-state index in [1.54, 1.807) is 0 Å². The third-order valence-electron chi connectivity index (χ3n) is 4.39. The minimum absolute atomic E-state index is 0.447. The zero-order valence-corrected chi connectivity index (χ0v) is 15.7. The van der Waals surface area contributed by atoms with Crippen LogP contribution in [0.25, 0.3) is 22.5 Å². The van der Waals surface area contributed by atoms with Crippen molar-refractivity contribution in [1.29, 1.82) is 0 Å². The van der Waals surface area contributed by atoms with Gasteiger partial charge in [-0.05, 0) is 17.7 Å². The van der Waals surface area contributed by atoms with E-state index in [-0.39, 0.29) is 0 Å². The molecule has 0 amide bonds. The molecule has 4 heteroatoms. The number of hydrogen-bond acceptors (Lipinski definition) is 2. The van der Waals surface area contributed by atoms with E-state index in [1.807, 2.05) is 84.5 Å². The van der Waals surface area contributed by atoms with Crippen molar-refractivity contribution in [2.75, 3.05) is 0 Å². The van der Waals surface area contributed by atoms with Gasteiger partial charge in [0.15, 0.2) is 5.75 Å². The highest BCUT2D eigenvalue weighted by atomic mass is 35.5. The molecule has 0 aliphatic rings. The first kappa shape index (κ1) is 17.4. The van der Waals surface area contributed by atoms with Crippen LogP contribution in [0.3, 0.4) is 0 Å². The molecule has 0 N–H and O–H groups in total. The molecule has 0 unspecified atom stereocenters. The Morgan fingerprint density at radius 1 is 0.815 bits per heavy atom. The maximum Gasteiger partial charge on any atom is 0.173 e. The van der Waals surface area contributed by atoms with Crippen LogP contribution in [0.2, 0.25) is 5.02 Å². The Balaban J connectivity index is 1.77. The number of aryl methyl sites for hydroxylation is 1. The van der Waals surface area contributed by atoms with Crippen molar-refractivity contribution in [3.8, 4) is 28.3 Å². The van der Waals surface area contributed by atoms with E-state index in [1.165, 1.54) is 0 Å². The van der Waals surface area contributed by atoms with Crippen LogP contribution >= 0.6 is 11.6 Å². The van der Waals surface area contributed by atoms with E-state index >= 15 is 0 Å². The Hall–Kier alpha value is -3.04. The number of hydrogen-bond donors (Lipinski definition) is 0. The summed E-state index contributed by atoms with van der Waals surface area (Å²) in [5, 5.41) is 5.47. The van der Waals surface area contributed by atoms with Gasteiger partial charge in [-0.2, -0.15) is 5.10 Å². The topological polar surface area (TPSA) is 27.1 Å². The smallest absolute Gasteiger partial charge is 0.173 e. The molecule has 1 aromatic heterocycles. The molecule has 0 radical (unpaired) electrons. The number of rotatable bonds is 5. The summed E-state index contributed by atoms with van der Waals surface area (Å²) in [6.45, 7) is 0.447. The summed E-state index contributed by atoms with van der Waals surface area (Å²) < 4.78 is 8.18. The summed E-state index contributed by atoms with van der Waals surface area (Å²) in [6.07, 6.45) is 0. The van der Waals surface area contributed by atoms with E-state index < -0.39 is 0 Å². The lowest BCUT2D eigenvalue weighted by molar-refractivity contribution is 0.308. The van der Waals surface area contributed by atoms with Crippen molar-refractivity contribution in [3.05, 3.63) is 95.5 Å². The predicted molar refractivity (Wildman–Crippen MR) is 110 cm³/mol. The zero-order chi connectivity index (χ0) is 18.6. The largest absolute Gasteiger partial charge is 0.484 e. The van der Waals surface area contributed by atoms with E-state index in [2.05, 4.69) is 12.1 Å². The predicted octanol–water partition coefficient (Wildman–Crippen LogP) is 5.99. The maximum absolute atomic E-state index is 6.30. The minimum atomic E-state index is 0.447. The Labute approximate surface area is 163 Å². The van der Waals surface area contributed by atoms with E-state index in [4.69, 9.17) is 21.4 Å². The lowest BCUT2D eigenvalue weighted by atomic mass is 10.1. The highest BCUT2D eigenvalue weighted by molar-refractivity contribution is 6.30. The van der Waals surface area contributed by atoms with E-state index in [9.17, 15) is 0 Å². The summed E-state index contributed by atoms with van der Waals surface area (Å²) in [5.74, 6) is 0.782. The van der Waals surface area contributed by atoms with Crippen molar-refractivity contribution >= 4 is 11.6 Å². The van der Waals surface area contributed by atoms with Crippen molar-refractivity contribution in [3.63, 3.8) is 0 Å². The Morgan fingerprint density at radius 2 is 1.41 bits per heavy atom. The molecule has 4 aromatic rings. The fourth-order valence-electron chi connectivity index (χ4n) is 3.08. The van der Waals surface area contributed by atoms with Crippen LogP contribution in [0.1, 0.15) is 5.56 Å². The van der Waals surface area contributed by atoms with Crippen LogP contribution in [0.5, 0.6) is 5.75 Å². The van der Waals surface area contributed by atoms with Crippen molar-refractivity contribution in [1.82, 2.24) is 9.78 Å². The molecule has 0 atom stereocenters. The number of ether oxygens (including phenoxy) is 1. The Bertz CT molecular complexity index is 1030. The third-order valence-corrected chi connectivity index (χ3v) is 4.65. The van der Waals surface area contributed by atoms with Crippen LogP contribution in [-0.4, -0.2) is 9.78 Å². The molecule has 0 spiro atoms. The van der Waals surface area contributed by atoms with Crippen LogP contribution in [0.15, 0.2) is 84.9 Å². The summed E-state index contributed by atoms with van der Waals surface area (Å²) in [6, 6.07) is 28.0. The molecule has 3 nitrogen and oxygen atoms in total. The van der Waals surface area contributed by atoms with Gasteiger partial charge < -0.3 is 4.74 Å². The number of halogens is 1. The van der Waals surface area contributed by atoms with E-state index in [0.717, 1.165) is 38.9 Å². The highest BCUT2D eigenvalue weighted by Gasteiger charge is 2.20. The molecular formula is C23H19ClN2O. The molecule has 1 heterocycles. The molecular weight excluding hydrogens is 356 g/mol. The first-order valence-electron chi connectivity index (χ1n) is 8.77. The molecule has 0 aliphatic carbocycles. The van der Waals surface area contributed by atoms with Crippen LogP contribution in [0.4, 0.5) is 0 Å². The van der Waals surface area contributed by atoms with Crippen LogP contribution in [-0.2, 0) is 13.7 Å². The monoisotopic (exact) mass is 374 g/mol. The average molecular weight is 375 g/mol. The molecule has 134 valence electrons. The van der Waals surface area contributed by atoms with Gasteiger partial charge in [-0.25, -0.2) is 0 Å². The highest BCUT2D eigenvalue weighted by Crippen LogP contribution is 2.38. The second kappa shape index (κ2) is 7.68. The van der Waals surface area contributed by atoms with Gasteiger partial charge in [-0.3, -0.25) is 4.68 Å². The summed E-state index contributed by atoms with van der Waals surface area (Å²) in [4.78, 5) is 0. The van der Waals surface area contributed by atoms with Crippen molar-refractivity contribution < 1.29 is 4.74 Å². The van der Waals surface area contributed by atoms with Gasteiger partial charge in [0.2, 0.25) is 0 Å². The molecule has 0 aliphatic heterocycles. The van der Waals surface area contributed by atoms with Gasteiger partial charge in [-0.15, -0.1) is 0 Å². The summed E-state index contributed by atoms with van der Waals surface area (Å²) in [7, 11) is 1.95. The first-order chi connectivity index (χ1) is 13.2. The Kier molecular flexibility index (Phi) is 4.95. The molecule has 0 saturated heterocycles. The van der Waals surface area contributed by atoms with Gasteiger partial charge in [0.05, 0.1) is 0 Å². The maximum atomic E-state index is 6.30. The van der Waals surface area contributed by atoms with Gasteiger partial charge >= 0.3 is 0 Å². The van der Waals surface area contributed by atoms with E-state index in [0.29, 0.717) is 6.61 Å². The molecule has 0 saturated carbocycles. The minimum Gasteiger partial charge on any atom is -0.484 e. The second-order valence-corrected chi connectivity index (χ2v) is 6.73. The molecule has 3 aromatic carbocycles. The second-order valence-electron chi connectivity index (χ2n) is 6.30. The van der Waals surface area contributed by atoms with Crippen LogP contribution < -0.4 is 4.74 Å². The van der Waals surface area contributed by atoms with Crippen molar-refractivity contribution in [2.45, 2.75) is 6.61 Å².